The lowest BCUT2D eigenvalue weighted by Gasteiger charge is -2.15. The van der Waals surface area contributed by atoms with Crippen LogP contribution in [0.4, 0.5) is 0 Å². The number of phenolic OH excluding ortho intramolecular Hbond substituents is 2. The average molecular weight is 267 g/mol. The van der Waals surface area contributed by atoms with Crippen LogP contribution in [0, 0.1) is 6.54 Å². The molecule has 1 aromatic heterocycles. The highest BCUT2D eigenvalue weighted by atomic mass is 32.2. The van der Waals surface area contributed by atoms with Crippen LogP contribution in [0.3, 0.4) is 0 Å². The maximum absolute atomic E-state index is 9.78. The molecule has 90 valence electrons. The molecule has 0 amide bonds. The van der Waals surface area contributed by atoms with E-state index in [2.05, 4.69) is 11.1 Å². The molecule has 0 aliphatic carbocycles. The lowest BCUT2D eigenvalue weighted by Crippen LogP contribution is -2.27. The normalized spacial score (nSPS) is 16.1. The van der Waals surface area contributed by atoms with Gasteiger partial charge in [0.05, 0.1) is 9.40 Å². The van der Waals surface area contributed by atoms with Gasteiger partial charge in [0.15, 0.2) is 3.98 Å². The Hall–Kier alpha value is -1.20. The molecule has 3 nitrogen and oxygen atoms in total. The monoisotopic (exact) mass is 267 g/mol. The molecule has 5 heteroatoms. The maximum Gasteiger partial charge on any atom is 0.173 e. The van der Waals surface area contributed by atoms with Crippen molar-refractivity contribution in [3.8, 4) is 11.5 Å². The van der Waals surface area contributed by atoms with Gasteiger partial charge in [0.2, 0.25) is 0 Å². The van der Waals surface area contributed by atoms with E-state index in [1.807, 2.05) is 0 Å². The quantitative estimate of drug-likeness (QED) is 0.437. The number of piperidine rings is 1. The van der Waals surface area contributed by atoms with E-state index in [9.17, 15) is 10.2 Å². The highest BCUT2D eigenvalue weighted by Gasteiger charge is 2.10. The lowest BCUT2D eigenvalue weighted by molar-refractivity contribution is 0.471. The largest absolute Gasteiger partial charge is 0.506 e. The predicted octanol–water partition coefficient (Wildman–Crippen LogP) is 2.49. The van der Waals surface area contributed by atoms with Gasteiger partial charge in [0, 0.05) is 13.0 Å². The van der Waals surface area contributed by atoms with Crippen molar-refractivity contribution in [3.63, 3.8) is 0 Å². The number of rotatable bonds is 0. The van der Waals surface area contributed by atoms with E-state index < -0.39 is 0 Å². The Balaban J connectivity index is 2.25. The van der Waals surface area contributed by atoms with E-state index >= 15 is 0 Å². The molecule has 0 atom stereocenters. The zero-order valence-corrected chi connectivity index (χ0v) is 10.9. The van der Waals surface area contributed by atoms with Crippen LogP contribution < -0.4 is 8.56 Å². The smallest absolute Gasteiger partial charge is 0.173 e. The van der Waals surface area contributed by atoms with Gasteiger partial charge in [0.1, 0.15) is 18.0 Å². The number of hydrogen-bond donors (Lipinski definition) is 2. The first-order valence-electron chi connectivity index (χ1n) is 5.63. The number of phenols is 2. The van der Waals surface area contributed by atoms with Crippen LogP contribution in [0.1, 0.15) is 19.3 Å². The summed E-state index contributed by atoms with van der Waals surface area (Å²) < 4.78 is 4.93. The summed E-state index contributed by atoms with van der Waals surface area (Å²) in [5.74, 6) is 0.504. The fourth-order valence-corrected chi connectivity index (χ4v) is 4.55. The van der Waals surface area contributed by atoms with Crippen molar-refractivity contribution in [2.45, 2.75) is 19.3 Å². The van der Waals surface area contributed by atoms with Gasteiger partial charge < -0.3 is 14.8 Å². The summed E-state index contributed by atoms with van der Waals surface area (Å²) in [5.41, 5.74) is 0. The molecular formula is C12H13NO2S2. The molecule has 1 aromatic carbocycles. The standard InChI is InChI=1S/C12H13NO2S2/c14-8-4-5-9(15)11-10(8)16-12(17-11)13-6-2-1-3-7-13/h4-6,14-15H,1-3,7H2. The first-order chi connectivity index (χ1) is 8.25. The molecule has 3 rings (SSSR count). The van der Waals surface area contributed by atoms with Crippen LogP contribution >= 0.6 is 22.7 Å². The van der Waals surface area contributed by atoms with Crippen molar-refractivity contribution in [1.29, 1.82) is 0 Å². The third kappa shape index (κ3) is 1.89. The minimum absolute atomic E-state index is 0.252. The summed E-state index contributed by atoms with van der Waals surface area (Å²) in [5, 5.41) is 19.6. The molecule has 0 bridgehead atoms. The number of aromatic hydroxyl groups is 2. The first kappa shape index (κ1) is 10.9. The summed E-state index contributed by atoms with van der Waals surface area (Å²) in [6.45, 7) is 3.24. The maximum atomic E-state index is 9.78. The highest BCUT2D eigenvalue weighted by molar-refractivity contribution is 7.36. The Kier molecular flexibility index (Phi) is 2.72. The van der Waals surface area contributed by atoms with E-state index in [0.717, 1.165) is 26.4 Å². The minimum Gasteiger partial charge on any atom is -0.506 e. The number of hydrogen-bond acceptors (Lipinski definition) is 4. The summed E-state index contributed by atoms with van der Waals surface area (Å²) >= 11 is 3.10. The van der Waals surface area contributed by atoms with Gasteiger partial charge in [0.25, 0.3) is 0 Å². The zero-order chi connectivity index (χ0) is 11.8. The SMILES string of the molecule is Oc1ccc(O)c2sc(=[N+]3[CH-]CCCC3)sc12. The molecule has 1 saturated heterocycles. The van der Waals surface area contributed by atoms with E-state index in [-0.39, 0.29) is 11.5 Å². The number of fused-ring (bicyclic) bond motifs is 1. The fraction of sp³-hybridized carbons (Fsp3) is 0.333. The molecule has 0 unspecified atom stereocenters. The van der Waals surface area contributed by atoms with E-state index in [1.165, 1.54) is 12.8 Å². The predicted molar refractivity (Wildman–Crippen MR) is 71.3 cm³/mol. The van der Waals surface area contributed by atoms with Gasteiger partial charge in [-0.2, -0.15) is 22.7 Å². The van der Waals surface area contributed by atoms with Crippen LogP contribution in [-0.4, -0.2) is 16.8 Å². The average Bonchev–Trinajstić information content (AvgIpc) is 2.81. The van der Waals surface area contributed by atoms with Gasteiger partial charge in [-0.15, -0.1) is 0 Å². The Morgan fingerprint density at radius 2 is 1.71 bits per heavy atom. The Bertz CT molecular complexity index is 577. The summed E-state index contributed by atoms with van der Waals surface area (Å²) in [4.78, 5) is 0. The third-order valence-electron chi connectivity index (χ3n) is 2.89. The fourth-order valence-electron chi connectivity index (χ4n) is 1.98. The van der Waals surface area contributed by atoms with Crippen LogP contribution in [0.15, 0.2) is 12.1 Å². The number of benzene rings is 1. The topological polar surface area (TPSA) is 43.5 Å². The molecular weight excluding hydrogens is 254 g/mol. The first-order valence-corrected chi connectivity index (χ1v) is 7.26. The summed E-state index contributed by atoms with van der Waals surface area (Å²) in [6, 6.07) is 3.09. The number of nitrogens with zero attached hydrogens (tertiary/aromatic N) is 1. The Morgan fingerprint density at radius 1 is 1.06 bits per heavy atom. The van der Waals surface area contributed by atoms with Crippen molar-refractivity contribution in [2.24, 2.45) is 0 Å². The van der Waals surface area contributed by atoms with Crippen LogP contribution in [0.2, 0.25) is 0 Å². The van der Waals surface area contributed by atoms with Crippen LogP contribution in [0.25, 0.3) is 9.40 Å². The van der Waals surface area contributed by atoms with E-state index in [4.69, 9.17) is 0 Å². The van der Waals surface area contributed by atoms with Crippen molar-refractivity contribution in [2.75, 3.05) is 6.54 Å². The molecule has 0 saturated carbocycles. The summed E-state index contributed by atoms with van der Waals surface area (Å²) in [7, 11) is 0. The van der Waals surface area contributed by atoms with Gasteiger partial charge in [-0.05, 0) is 18.6 Å². The molecule has 0 radical (unpaired) electrons. The second-order valence-corrected chi connectivity index (χ2v) is 6.36. The zero-order valence-electron chi connectivity index (χ0n) is 9.22. The molecule has 17 heavy (non-hydrogen) atoms. The minimum atomic E-state index is 0.252. The van der Waals surface area contributed by atoms with Crippen molar-refractivity contribution >= 4 is 32.1 Å². The summed E-state index contributed by atoms with van der Waals surface area (Å²) in [6.07, 6.45) is 3.57. The second kappa shape index (κ2) is 4.23. The van der Waals surface area contributed by atoms with Gasteiger partial charge in [-0.25, -0.2) is 0 Å². The molecule has 1 fully saturated rings. The second-order valence-electron chi connectivity index (χ2n) is 4.10. The Morgan fingerprint density at radius 3 is 2.24 bits per heavy atom. The molecule has 2 N–H and O–H groups in total. The molecule has 1 aliphatic heterocycles. The van der Waals surface area contributed by atoms with Gasteiger partial charge in [-0.1, -0.05) is 6.42 Å². The Labute approximate surface area is 107 Å². The third-order valence-corrected chi connectivity index (χ3v) is 5.57. The highest BCUT2D eigenvalue weighted by Crippen LogP contribution is 2.36. The lowest BCUT2D eigenvalue weighted by atomic mass is 10.2. The van der Waals surface area contributed by atoms with Crippen molar-refractivity contribution in [1.82, 2.24) is 4.58 Å². The van der Waals surface area contributed by atoms with Gasteiger partial charge in [-0.3, -0.25) is 0 Å². The molecule has 1 aliphatic rings. The van der Waals surface area contributed by atoms with Crippen molar-refractivity contribution < 1.29 is 10.2 Å². The molecule has 2 heterocycles. The molecule has 2 aromatic rings. The van der Waals surface area contributed by atoms with E-state index in [0.29, 0.717) is 0 Å². The van der Waals surface area contributed by atoms with E-state index in [1.54, 1.807) is 34.8 Å². The van der Waals surface area contributed by atoms with Crippen LogP contribution in [0.5, 0.6) is 11.5 Å². The van der Waals surface area contributed by atoms with Gasteiger partial charge >= 0.3 is 0 Å². The van der Waals surface area contributed by atoms with Crippen LogP contribution in [-0.2, 0) is 0 Å². The van der Waals surface area contributed by atoms with Crippen molar-refractivity contribution in [3.05, 3.63) is 22.7 Å². The molecule has 0 spiro atoms.